The summed E-state index contributed by atoms with van der Waals surface area (Å²) in [6.07, 6.45) is 1.66. The molecule has 17 heavy (non-hydrogen) atoms. The van der Waals surface area contributed by atoms with Gasteiger partial charge in [-0.2, -0.15) is 0 Å². The maximum absolute atomic E-state index is 11.9. The number of rotatable bonds is 3. The minimum absolute atomic E-state index is 0.0194. The van der Waals surface area contributed by atoms with Crippen molar-refractivity contribution in [3.63, 3.8) is 0 Å². The Bertz CT molecular complexity index is 610. The maximum Gasteiger partial charge on any atom is 0.251 e. The lowest BCUT2D eigenvalue weighted by Crippen LogP contribution is -2.22. The molecule has 2 rings (SSSR count). The summed E-state index contributed by atoms with van der Waals surface area (Å²) in [5.41, 5.74) is 0.775. The third-order valence-electron chi connectivity index (χ3n) is 2.48. The zero-order chi connectivity index (χ0) is 12.4. The molecule has 0 saturated heterocycles. The van der Waals surface area contributed by atoms with E-state index in [4.69, 9.17) is 0 Å². The van der Waals surface area contributed by atoms with Crippen LogP contribution in [0.15, 0.2) is 35.3 Å². The normalized spacial score (nSPS) is 10.5. The Hall–Kier alpha value is -1.68. The van der Waals surface area contributed by atoms with Gasteiger partial charge in [-0.25, -0.2) is 0 Å². The molecule has 3 nitrogen and oxygen atoms in total. The number of aromatic nitrogens is 1. The molecule has 0 aliphatic carbocycles. The molecular formula is C13H13NO2S. The van der Waals surface area contributed by atoms with Gasteiger partial charge < -0.3 is 4.57 Å². The zero-order valence-electron chi connectivity index (χ0n) is 9.77. The molecule has 2 aromatic heterocycles. The van der Waals surface area contributed by atoms with Gasteiger partial charge in [0.05, 0.1) is 11.4 Å². The summed E-state index contributed by atoms with van der Waals surface area (Å²) in [5, 5.41) is 0. The molecule has 0 aromatic carbocycles. The smallest absolute Gasteiger partial charge is 0.251 e. The van der Waals surface area contributed by atoms with Gasteiger partial charge in [-0.05, 0) is 37.6 Å². The van der Waals surface area contributed by atoms with E-state index < -0.39 is 0 Å². The lowest BCUT2D eigenvalue weighted by Gasteiger charge is -2.03. The third-order valence-corrected chi connectivity index (χ3v) is 3.52. The Morgan fingerprint density at radius 3 is 2.65 bits per heavy atom. The van der Waals surface area contributed by atoms with Crippen LogP contribution in [0.25, 0.3) is 0 Å². The zero-order valence-corrected chi connectivity index (χ0v) is 10.6. The lowest BCUT2D eigenvalue weighted by molar-refractivity contribution is 0.0975. The van der Waals surface area contributed by atoms with Crippen LogP contribution < -0.4 is 5.56 Å². The Balaban J connectivity index is 2.21. The number of hydrogen-bond acceptors (Lipinski definition) is 3. The summed E-state index contributed by atoms with van der Waals surface area (Å²) in [6, 6.07) is 7.08. The Morgan fingerprint density at radius 1 is 1.29 bits per heavy atom. The molecule has 0 bridgehead atoms. The van der Waals surface area contributed by atoms with Crippen LogP contribution in [0.5, 0.6) is 0 Å². The maximum atomic E-state index is 11.9. The van der Waals surface area contributed by atoms with Crippen LogP contribution in [0.4, 0.5) is 0 Å². The van der Waals surface area contributed by atoms with Crippen molar-refractivity contribution in [1.82, 2.24) is 4.57 Å². The SMILES string of the molecule is Cc1ccn(CC(=O)c2ccc(C)s2)c(=O)c1. The molecule has 2 heterocycles. The fraction of sp³-hybridized carbons (Fsp3) is 0.231. The average molecular weight is 247 g/mol. The van der Waals surface area contributed by atoms with Crippen LogP contribution in [0.1, 0.15) is 20.1 Å². The molecule has 0 fully saturated rings. The molecule has 0 amide bonds. The lowest BCUT2D eigenvalue weighted by atomic mass is 10.3. The Kier molecular flexibility index (Phi) is 3.24. The predicted octanol–water partition coefficient (Wildman–Crippen LogP) is 2.41. The van der Waals surface area contributed by atoms with Crippen molar-refractivity contribution in [2.75, 3.05) is 0 Å². The van der Waals surface area contributed by atoms with Crippen molar-refractivity contribution in [2.45, 2.75) is 20.4 Å². The van der Waals surface area contributed by atoms with Crippen LogP contribution >= 0.6 is 11.3 Å². The second kappa shape index (κ2) is 4.67. The Labute approximate surface area is 103 Å². The van der Waals surface area contributed by atoms with Gasteiger partial charge >= 0.3 is 0 Å². The van der Waals surface area contributed by atoms with Gasteiger partial charge in [0, 0.05) is 17.1 Å². The highest BCUT2D eigenvalue weighted by atomic mass is 32.1. The van der Waals surface area contributed by atoms with Crippen molar-refractivity contribution in [3.05, 3.63) is 56.1 Å². The molecule has 0 spiro atoms. The number of carbonyl (C=O) groups excluding carboxylic acids is 1. The minimum Gasteiger partial charge on any atom is -0.308 e. The highest BCUT2D eigenvalue weighted by molar-refractivity contribution is 7.14. The van der Waals surface area contributed by atoms with Gasteiger partial charge in [0.15, 0.2) is 5.78 Å². The predicted molar refractivity (Wildman–Crippen MR) is 68.8 cm³/mol. The van der Waals surface area contributed by atoms with Crippen molar-refractivity contribution in [3.8, 4) is 0 Å². The molecule has 2 aromatic rings. The van der Waals surface area contributed by atoms with E-state index in [0.717, 1.165) is 10.4 Å². The van der Waals surface area contributed by atoms with Gasteiger partial charge in [0.25, 0.3) is 5.56 Å². The van der Waals surface area contributed by atoms with E-state index in [1.807, 2.05) is 32.0 Å². The van der Waals surface area contributed by atoms with E-state index in [9.17, 15) is 9.59 Å². The van der Waals surface area contributed by atoms with E-state index >= 15 is 0 Å². The van der Waals surface area contributed by atoms with Gasteiger partial charge in [-0.3, -0.25) is 9.59 Å². The van der Waals surface area contributed by atoms with Crippen LogP contribution in [-0.2, 0) is 6.54 Å². The highest BCUT2D eigenvalue weighted by Crippen LogP contribution is 2.15. The average Bonchev–Trinajstić information content (AvgIpc) is 2.69. The first-order valence-corrected chi connectivity index (χ1v) is 6.14. The summed E-state index contributed by atoms with van der Waals surface area (Å²) in [6.45, 7) is 3.93. The van der Waals surface area contributed by atoms with E-state index in [-0.39, 0.29) is 17.9 Å². The van der Waals surface area contributed by atoms with Crippen molar-refractivity contribution >= 4 is 17.1 Å². The summed E-state index contributed by atoms with van der Waals surface area (Å²) < 4.78 is 1.43. The largest absolute Gasteiger partial charge is 0.308 e. The number of pyridine rings is 1. The molecule has 88 valence electrons. The topological polar surface area (TPSA) is 39.1 Å². The first kappa shape index (κ1) is 11.8. The molecule has 0 N–H and O–H groups in total. The standard InChI is InChI=1S/C13H13NO2S/c1-9-5-6-14(13(16)7-9)8-11(15)12-4-3-10(2)17-12/h3-7H,8H2,1-2H3. The second-order valence-corrected chi connectivity index (χ2v) is 5.29. The summed E-state index contributed by atoms with van der Waals surface area (Å²) >= 11 is 1.46. The van der Waals surface area contributed by atoms with Crippen molar-refractivity contribution in [1.29, 1.82) is 0 Å². The molecule has 0 radical (unpaired) electrons. The molecule has 0 unspecified atom stereocenters. The van der Waals surface area contributed by atoms with Gasteiger partial charge in [-0.15, -0.1) is 11.3 Å². The van der Waals surface area contributed by atoms with E-state index in [2.05, 4.69) is 0 Å². The fourth-order valence-corrected chi connectivity index (χ4v) is 2.35. The number of ketones is 1. The summed E-state index contributed by atoms with van der Waals surface area (Å²) in [5.74, 6) is -0.0194. The van der Waals surface area contributed by atoms with Gasteiger partial charge in [-0.1, -0.05) is 0 Å². The molecule has 0 aliphatic rings. The molecule has 0 atom stereocenters. The van der Waals surface area contributed by atoms with Crippen LogP contribution in [-0.4, -0.2) is 10.4 Å². The number of carbonyl (C=O) groups is 1. The first-order chi connectivity index (χ1) is 8.06. The van der Waals surface area contributed by atoms with E-state index in [1.165, 1.54) is 22.0 Å². The number of nitrogens with zero attached hydrogens (tertiary/aromatic N) is 1. The second-order valence-electron chi connectivity index (χ2n) is 4.00. The number of hydrogen-bond donors (Lipinski definition) is 0. The van der Waals surface area contributed by atoms with Crippen molar-refractivity contribution < 1.29 is 4.79 Å². The fourth-order valence-electron chi connectivity index (χ4n) is 1.55. The number of Topliss-reactive ketones (excluding diaryl/α,β-unsaturated/α-hetero) is 1. The monoisotopic (exact) mass is 247 g/mol. The van der Waals surface area contributed by atoms with E-state index in [0.29, 0.717) is 4.88 Å². The number of thiophene rings is 1. The molecular weight excluding hydrogens is 234 g/mol. The third kappa shape index (κ3) is 2.71. The van der Waals surface area contributed by atoms with Crippen LogP contribution in [0, 0.1) is 13.8 Å². The van der Waals surface area contributed by atoms with Gasteiger partial charge in [0.1, 0.15) is 0 Å². The molecule has 4 heteroatoms. The highest BCUT2D eigenvalue weighted by Gasteiger charge is 2.09. The number of aryl methyl sites for hydroxylation is 2. The Morgan fingerprint density at radius 2 is 2.06 bits per heavy atom. The molecule has 0 saturated carbocycles. The minimum atomic E-state index is -0.133. The van der Waals surface area contributed by atoms with Gasteiger partial charge in [0.2, 0.25) is 0 Å². The summed E-state index contributed by atoms with van der Waals surface area (Å²) in [4.78, 5) is 25.3. The summed E-state index contributed by atoms with van der Waals surface area (Å²) in [7, 11) is 0. The van der Waals surface area contributed by atoms with Crippen molar-refractivity contribution in [2.24, 2.45) is 0 Å². The van der Waals surface area contributed by atoms with Crippen LogP contribution in [0.3, 0.4) is 0 Å². The van der Waals surface area contributed by atoms with E-state index in [1.54, 1.807) is 6.20 Å². The molecule has 0 aliphatic heterocycles. The first-order valence-electron chi connectivity index (χ1n) is 5.33. The quantitative estimate of drug-likeness (QED) is 0.781. The van der Waals surface area contributed by atoms with Crippen LogP contribution in [0.2, 0.25) is 0 Å².